The summed E-state index contributed by atoms with van der Waals surface area (Å²) in [4.78, 5) is 25.8. The van der Waals surface area contributed by atoms with Gasteiger partial charge in [0, 0.05) is 24.1 Å². The summed E-state index contributed by atoms with van der Waals surface area (Å²) >= 11 is 6.31. The zero-order valence-electron chi connectivity index (χ0n) is 15.9. The lowest BCUT2D eigenvalue weighted by Crippen LogP contribution is -2.27. The number of fused-ring (bicyclic) bond motifs is 2. The van der Waals surface area contributed by atoms with Gasteiger partial charge in [-0.2, -0.15) is 5.10 Å². The molecule has 1 aliphatic heterocycles. The minimum absolute atomic E-state index is 0.169. The molecule has 2 aromatic carbocycles. The van der Waals surface area contributed by atoms with Crippen LogP contribution in [0.4, 0.5) is 5.69 Å². The molecule has 29 heavy (non-hydrogen) atoms. The first-order valence-corrected chi connectivity index (χ1v) is 9.86. The van der Waals surface area contributed by atoms with E-state index >= 15 is 0 Å². The summed E-state index contributed by atoms with van der Waals surface area (Å²) in [5.74, 6) is 0.600. The Labute approximate surface area is 172 Å². The van der Waals surface area contributed by atoms with Crippen molar-refractivity contribution in [1.29, 1.82) is 0 Å². The largest absolute Gasteiger partial charge is 0.486 e. The third-order valence-corrected chi connectivity index (χ3v) is 5.00. The predicted octanol–water partition coefficient (Wildman–Crippen LogP) is 3.87. The van der Waals surface area contributed by atoms with E-state index in [-0.39, 0.29) is 11.3 Å². The average molecular weight is 414 g/mol. The molecule has 1 aromatic heterocycles. The van der Waals surface area contributed by atoms with Crippen molar-refractivity contribution in [1.82, 2.24) is 9.78 Å². The lowest BCUT2D eigenvalue weighted by molar-refractivity contribution is 0.102. The first kappa shape index (κ1) is 19.3. The van der Waals surface area contributed by atoms with E-state index in [0.717, 1.165) is 12.8 Å². The molecule has 1 aliphatic rings. The number of nitrogens with zero attached hydrogens (tertiary/aromatic N) is 2. The van der Waals surface area contributed by atoms with Gasteiger partial charge in [-0.3, -0.25) is 9.59 Å². The number of ether oxygens (including phenoxy) is 2. The van der Waals surface area contributed by atoms with E-state index in [1.54, 1.807) is 36.4 Å². The van der Waals surface area contributed by atoms with Gasteiger partial charge in [0.05, 0.1) is 16.1 Å². The van der Waals surface area contributed by atoms with E-state index < -0.39 is 5.91 Å². The van der Waals surface area contributed by atoms with Crippen molar-refractivity contribution in [3.63, 3.8) is 0 Å². The lowest BCUT2D eigenvalue weighted by atomic mass is 10.1. The highest BCUT2D eigenvalue weighted by Crippen LogP contribution is 2.38. The maximum atomic E-state index is 13.1. The fourth-order valence-corrected chi connectivity index (χ4v) is 3.40. The molecular weight excluding hydrogens is 394 g/mol. The number of amides is 1. The topological polar surface area (TPSA) is 82.5 Å². The van der Waals surface area contributed by atoms with Crippen LogP contribution in [0.5, 0.6) is 11.5 Å². The van der Waals surface area contributed by atoms with Crippen LogP contribution in [-0.4, -0.2) is 28.9 Å². The number of nitrogens with one attached hydrogen (secondary N) is 1. The maximum absolute atomic E-state index is 13.1. The Morgan fingerprint density at radius 2 is 1.86 bits per heavy atom. The number of aryl methyl sites for hydroxylation is 1. The molecule has 0 spiro atoms. The first-order valence-electron chi connectivity index (χ1n) is 9.49. The highest BCUT2D eigenvalue weighted by Gasteiger charge is 2.20. The summed E-state index contributed by atoms with van der Waals surface area (Å²) in [5.41, 5.74) is 0.350. The maximum Gasteiger partial charge on any atom is 0.276 e. The molecular formula is C21H20ClN3O4. The molecule has 3 aromatic rings. The Hall–Kier alpha value is -3.06. The molecule has 0 aliphatic carbocycles. The van der Waals surface area contributed by atoms with Gasteiger partial charge < -0.3 is 14.8 Å². The Morgan fingerprint density at radius 3 is 2.59 bits per heavy atom. The standard InChI is InChI=1S/C21H20ClN3O4/c1-2-3-8-25-21(27)14-7-5-4-6-13(14)19(24-25)20(26)23-16-12-18-17(11-15(16)22)28-9-10-29-18/h4-7,11-12H,2-3,8-10H2,1H3,(H,23,26). The first-order chi connectivity index (χ1) is 14.1. The molecule has 0 fully saturated rings. The van der Waals surface area contributed by atoms with Crippen molar-refractivity contribution in [2.45, 2.75) is 26.3 Å². The Bertz CT molecular complexity index is 1140. The predicted molar refractivity (Wildman–Crippen MR) is 111 cm³/mol. The summed E-state index contributed by atoms with van der Waals surface area (Å²) in [6.07, 6.45) is 1.70. The van der Waals surface area contributed by atoms with Crippen molar-refractivity contribution >= 4 is 34.0 Å². The van der Waals surface area contributed by atoms with E-state index in [1.165, 1.54) is 4.68 Å². The van der Waals surface area contributed by atoms with Crippen molar-refractivity contribution in [3.8, 4) is 11.5 Å². The molecule has 2 heterocycles. The second kappa shape index (κ2) is 8.13. The van der Waals surface area contributed by atoms with Crippen molar-refractivity contribution in [2.75, 3.05) is 18.5 Å². The number of aromatic nitrogens is 2. The van der Waals surface area contributed by atoms with Crippen LogP contribution in [0.1, 0.15) is 30.3 Å². The molecule has 0 atom stereocenters. The van der Waals surface area contributed by atoms with Crippen LogP contribution in [-0.2, 0) is 6.54 Å². The number of hydrogen-bond donors (Lipinski definition) is 1. The zero-order valence-corrected chi connectivity index (χ0v) is 16.7. The number of unbranched alkanes of at least 4 members (excludes halogenated alkanes) is 1. The van der Waals surface area contributed by atoms with E-state index in [2.05, 4.69) is 10.4 Å². The van der Waals surface area contributed by atoms with Gasteiger partial charge >= 0.3 is 0 Å². The van der Waals surface area contributed by atoms with Crippen molar-refractivity contribution in [2.24, 2.45) is 0 Å². The highest BCUT2D eigenvalue weighted by atomic mass is 35.5. The number of anilines is 1. The molecule has 150 valence electrons. The molecule has 1 amide bonds. The van der Waals surface area contributed by atoms with Crippen LogP contribution < -0.4 is 20.3 Å². The van der Waals surface area contributed by atoms with Crippen LogP contribution in [0.25, 0.3) is 10.8 Å². The van der Waals surface area contributed by atoms with Gasteiger partial charge in [-0.25, -0.2) is 4.68 Å². The highest BCUT2D eigenvalue weighted by molar-refractivity contribution is 6.34. The van der Waals surface area contributed by atoms with Gasteiger partial charge in [0.1, 0.15) is 13.2 Å². The molecule has 0 unspecified atom stereocenters. The van der Waals surface area contributed by atoms with Gasteiger partial charge in [0.25, 0.3) is 11.5 Å². The summed E-state index contributed by atoms with van der Waals surface area (Å²) in [5, 5.41) is 8.41. The number of carbonyl (C=O) groups excluding carboxylic acids is 1. The Balaban J connectivity index is 1.74. The van der Waals surface area contributed by atoms with E-state index in [0.29, 0.717) is 52.7 Å². The monoisotopic (exact) mass is 413 g/mol. The second-order valence-electron chi connectivity index (χ2n) is 6.71. The molecule has 0 saturated carbocycles. The molecule has 7 nitrogen and oxygen atoms in total. The van der Waals surface area contributed by atoms with Gasteiger partial charge in [-0.15, -0.1) is 0 Å². The number of benzene rings is 2. The summed E-state index contributed by atoms with van der Waals surface area (Å²) in [6.45, 7) is 3.36. The smallest absolute Gasteiger partial charge is 0.276 e. The summed E-state index contributed by atoms with van der Waals surface area (Å²) < 4.78 is 12.4. The lowest BCUT2D eigenvalue weighted by Gasteiger charge is -2.20. The van der Waals surface area contributed by atoms with Gasteiger partial charge in [-0.05, 0) is 12.5 Å². The number of rotatable bonds is 5. The van der Waals surface area contributed by atoms with Gasteiger partial charge in [0.15, 0.2) is 17.2 Å². The Morgan fingerprint density at radius 1 is 1.17 bits per heavy atom. The van der Waals surface area contributed by atoms with Crippen molar-refractivity contribution in [3.05, 3.63) is 57.5 Å². The minimum atomic E-state index is -0.454. The van der Waals surface area contributed by atoms with E-state index in [1.807, 2.05) is 6.92 Å². The third kappa shape index (κ3) is 3.78. The fourth-order valence-electron chi connectivity index (χ4n) is 3.20. The number of hydrogen-bond acceptors (Lipinski definition) is 5. The molecule has 8 heteroatoms. The van der Waals surface area contributed by atoms with Crippen LogP contribution in [0.15, 0.2) is 41.2 Å². The van der Waals surface area contributed by atoms with E-state index in [9.17, 15) is 9.59 Å². The number of carbonyl (C=O) groups is 1. The Kier molecular flexibility index (Phi) is 5.40. The number of halogens is 1. The zero-order chi connectivity index (χ0) is 20.4. The van der Waals surface area contributed by atoms with Gasteiger partial charge in [-0.1, -0.05) is 43.1 Å². The normalized spacial score (nSPS) is 12.8. The average Bonchev–Trinajstić information content (AvgIpc) is 2.74. The van der Waals surface area contributed by atoms with E-state index in [4.69, 9.17) is 21.1 Å². The molecule has 0 radical (unpaired) electrons. The van der Waals surface area contributed by atoms with Crippen molar-refractivity contribution < 1.29 is 14.3 Å². The molecule has 1 N–H and O–H groups in total. The summed E-state index contributed by atoms with van der Waals surface area (Å²) in [7, 11) is 0. The van der Waals surface area contributed by atoms with Crippen LogP contribution in [0, 0.1) is 0 Å². The van der Waals surface area contributed by atoms with Crippen LogP contribution >= 0.6 is 11.6 Å². The molecule has 0 saturated heterocycles. The minimum Gasteiger partial charge on any atom is -0.486 e. The second-order valence-corrected chi connectivity index (χ2v) is 7.11. The SMILES string of the molecule is CCCCn1nc(C(=O)Nc2cc3c(cc2Cl)OCCO3)c2ccccc2c1=O. The van der Waals surface area contributed by atoms with Crippen LogP contribution in [0.3, 0.4) is 0 Å². The van der Waals surface area contributed by atoms with Gasteiger partial charge in [0.2, 0.25) is 0 Å². The summed E-state index contributed by atoms with van der Waals surface area (Å²) in [6, 6.07) is 10.2. The third-order valence-electron chi connectivity index (χ3n) is 4.69. The molecule has 0 bridgehead atoms. The quantitative estimate of drug-likeness (QED) is 0.686. The molecule has 4 rings (SSSR count). The van der Waals surface area contributed by atoms with Crippen LogP contribution in [0.2, 0.25) is 5.02 Å². The fraction of sp³-hybridized carbons (Fsp3) is 0.286.